The lowest BCUT2D eigenvalue weighted by Gasteiger charge is -2.27. The normalized spacial score (nSPS) is 29.2. The van der Waals surface area contributed by atoms with Gasteiger partial charge in [-0.05, 0) is 38.0 Å². The molecule has 0 spiro atoms. The number of rotatable bonds is 3. The van der Waals surface area contributed by atoms with E-state index in [1.807, 2.05) is 35.9 Å². The number of hydrogen-bond donors (Lipinski definition) is 3. The van der Waals surface area contributed by atoms with Crippen molar-refractivity contribution in [3.05, 3.63) is 53.6 Å². The molecule has 3 aromatic rings. The molecular weight excluding hydrogens is 368 g/mol. The van der Waals surface area contributed by atoms with E-state index >= 15 is 0 Å². The number of aliphatic hydroxyl groups excluding tert-OH is 2. The molecule has 1 aromatic carbocycles. The van der Waals surface area contributed by atoms with Crippen molar-refractivity contribution in [2.75, 3.05) is 0 Å². The molecule has 1 unspecified atom stereocenters. The van der Waals surface area contributed by atoms with Crippen LogP contribution < -0.4 is 10.1 Å². The highest BCUT2D eigenvalue weighted by Crippen LogP contribution is 2.37. The molecule has 1 saturated carbocycles. The molecule has 152 valence electrons. The molecule has 0 bridgehead atoms. The quantitative estimate of drug-likeness (QED) is 0.628. The second kappa shape index (κ2) is 7.09. The Hall–Kier alpha value is -2.48. The first-order valence-electron chi connectivity index (χ1n) is 10.2. The van der Waals surface area contributed by atoms with Crippen LogP contribution in [0.2, 0.25) is 0 Å². The fraction of sp³-hybridized carbons (Fsp3) is 0.455. The van der Waals surface area contributed by atoms with Gasteiger partial charge in [0.2, 0.25) is 0 Å². The SMILES string of the molecule is Cc1ncnc2c1ccn2[C@@H]1C[C@H](Oc2cccc3c2CNC(C)C3)[C@H](O)[C@H]1O. The summed E-state index contributed by atoms with van der Waals surface area (Å²) in [6.07, 6.45) is 2.52. The van der Waals surface area contributed by atoms with Gasteiger partial charge in [-0.25, -0.2) is 9.97 Å². The molecule has 7 heteroatoms. The Labute approximate surface area is 169 Å². The summed E-state index contributed by atoms with van der Waals surface area (Å²) < 4.78 is 8.20. The van der Waals surface area contributed by atoms with Gasteiger partial charge in [-0.3, -0.25) is 0 Å². The van der Waals surface area contributed by atoms with Crippen LogP contribution in [0.15, 0.2) is 36.8 Å². The summed E-state index contributed by atoms with van der Waals surface area (Å²) in [5.41, 5.74) is 4.09. The number of nitrogens with zero attached hydrogens (tertiary/aromatic N) is 3. The molecule has 0 amide bonds. The summed E-state index contributed by atoms with van der Waals surface area (Å²) in [5.74, 6) is 0.786. The molecule has 2 aromatic heterocycles. The average molecular weight is 394 g/mol. The Morgan fingerprint density at radius 2 is 2.03 bits per heavy atom. The summed E-state index contributed by atoms with van der Waals surface area (Å²) in [7, 11) is 0. The van der Waals surface area contributed by atoms with Gasteiger partial charge >= 0.3 is 0 Å². The summed E-state index contributed by atoms with van der Waals surface area (Å²) in [4.78, 5) is 8.62. The van der Waals surface area contributed by atoms with Crippen LogP contribution in [0.1, 0.15) is 36.2 Å². The third kappa shape index (κ3) is 3.10. The van der Waals surface area contributed by atoms with Crippen molar-refractivity contribution in [3.8, 4) is 5.75 Å². The van der Waals surface area contributed by atoms with Crippen LogP contribution in [-0.2, 0) is 13.0 Å². The molecule has 0 saturated heterocycles. The Morgan fingerprint density at radius 1 is 1.17 bits per heavy atom. The van der Waals surface area contributed by atoms with E-state index in [4.69, 9.17) is 4.74 Å². The summed E-state index contributed by atoms with van der Waals surface area (Å²) in [5, 5.41) is 25.9. The zero-order chi connectivity index (χ0) is 20.1. The van der Waals surface area contributed by atoms with Gasteiger partial charge in [0, 0.05) is 36.2 Å². The van der Waals surface area contributed by atoms with Crippen LogP contribution in [0, 0.1) is 6.92 Å². The molecule has 0 radical (unpaired) electrons. The van der Waals surface area contributed by atoms with Gasteiger partial charge in [0.1, 0.15) is 36.0 Å². The number of fused-ring (bicyclic) bond motifs is 2. The number of benzene rings is 1. The van der Waals surface area contributed by atoms with Gasteiger partial charge in [0.05, 0.1) is 11.7 Å². The first-order valence-corrected chi connectivity index (χ1v) is 10.2. The third-order valence-corrected chi connectivity index (χ3v) is 6.33. The van der Waals surface area contributed by atoms with Crippen molar-refractivity contribution in [1.82, 2.24) is 19.9 Å². The van der Waals surface area contributed by atoms with Crippen LogP contribution in [0.4, 0.5) is 0 Å². The maximum Gasteiger partial charge on any atom is 0.143 e. The summed E-state index contributed by atoms with van der Waals surface area (Å²) in [6.45, 7) is 4.86. The zero-order valence-electron chi connectivity index (χ0n) is 16.6. The molecule has 3 N–H and O–H groups in total. The van der Waals surface area contributed by atoms with Crippen molar-refractivity contribution in [3.63, 3.8) is 0 Å². The number of hydrogen-bond acceptors (Lipinski definition) is 6. The average Bonchev–Trinajstić information content (AvgIpc) is 3.25. The minimum Gasteiger partial charge on any atom is -0.487 e. The number of aliphatic hydroxyl groups is 2. The van der Waals surface area contributed by atoms with Gasteiger partial charge in [0.15, 0.2) is 0 Å². The number of ether oxygens (including phenoxy) is 1. The van der Waals surface area contributed by atoms with Gasteiger partial charge in [0.25, 0.3) is 0 Å². The van der Waals surface area contributed by atoms with Crippen molar-refractivity contribution in [2.45, 2.75) is 63.6 Å². The first kappa shape index (κ1) is 18.5. The zero-order valence-corrected chi connectivity index (χ0v) is 16.6. The van der Waals surface area contributed by atoms with Crippen LogP contribution in [0.5, 0.6) is 5.75 Å². The lowest BCUT2D eigenvalue weighted by molar-refractivity contribution is -0.0166. The standard InChI is InChI=1S/C22H26N4O3/c1-12-8-14-4-3-5-18(16(14)10-23-12)29-19-9-17(20(27)21(19)28)26-7-6-15-13(2)24-11-25-22(15)26/h3-7,11-12,17,19-21,23,27-28H,8-10H2,1-2H3/t12?,17-,19+,20+,21+/m1/s1. The van der Waals surface area contributed by atoms with Crippen LogP contribution in [0.25, 0.3) is 11.0 Å². The third-order valence-electron chi connectivity index (χ3n) is 6.33. The highest BCUT2D eigenvalue weighted by atomic mass is 16.5. The van der Waals surface area contributed by atoms with E-state index in [1.165, 1.54) is 11.9 Å². The van der Waals surface area contributed by atoms with E-state index in [0.29, 0.717) is 12.5 Å². The van der Waals surface area contributed by atoms with Gasteiger partial charge in [-0.1, -0.05) is 12.1 Å². The van der Waals surface area contributed by atoms with Crippen molar-refractivity contribution >= 4 is 11.0 Å². The molecule has 3 heterocycles. The van der Waals surface area contributed by atoms with Crippen molar-refractivity contribution in [1.29, 1.82) is 0 Å². The summed E-state index contributed by atoms with van der Waals surface area (Å²) in [6, 6.07) is 8.17. The van der Waals surface area contributed by atoms with Crippen LogP contribution in [0.3, 0.4) is 0 Å². The smallest absolute Gasteiger partial charge is 0.143 e. The van der Waals surface area contributed by atoms with E-state index < -0.39 is 18.3 Å². The molecule has 5 rings (SSSR count). The fourth-order valence-corrected chi connectivity index (χ4v) is 4.68. The van der Waals surface area contributed by atoms with E-state index in [9.17, 15) is 10.2 Å². The lowest BCUT2D eigenvalue weighted by atomic mass is 9.96. The van der Waals surface area contributed by atoms with Gasteiger partial charge in [-0.15, -0.1) is 0 Å². The maximum atomic E-state index is 10.8. The number of aromatic nitrogens is 3. The van der Waals surface area contributed by atoms with E-state index in [-0.39, 0.29) is 6.04 Å². The maximum absolute atomic E-state index is 10.8. The molecule has 5 atom stereocenters. The van der Waals surface area contributed by atoms with E-state index in [2.05, 4.69) is 28.3 Å². The number of nitrogens with one attached hydrogen (secondary N) is 1. The predicted molar refractivity (Wildman–Crippen MR) is 109 cm³/mol. The largest absolute Gasteiger partial charge is 0.487 e. The number of aryl methyl sites for hydroxylation is 1. The van der Waals surface area contributed by atoms with Crippen LogP contribution >= 0.6 is 0 Å². The van der Waals surface area contributed by atoms with E-state index in [1.54, 1.807) is 0 Å². The Morgan fingerprint density at radius 3 is 2.90 bits per heavy atom. The first-order chi connectivity index (χ1) is 14.0. The monoisotopic (exact) mass is 394 g/mol. The molecule has 1 fully saturated rings. The highest BCUT2D eigenvalue weighted by molar-refractivity contribution is 5.78. The topological polar surface area (TPSA) is 92.4 Å². The molecule has 2 aliphatic rings. The minimum absolute atomic E-state index is 0.306. The van der Waals surface area contributed by atoms with Crippen molar-refractivity contribution < 1.29 is 14.9 Å². The second-order valence-corrected chi connectivity index (χ2v) is 8.24. The molecule has 1 aliphatic heterocycles. The van der Waals surface area contributed by atoms with Gasteiger partial charge < -0.3 is 24.8 Å². The molecule has 1 aliphatic carbocycles. The van der Waals surface area contributed by atoms with Crippen LogP contribution in [-0.4, -0.2) is 49.1 Å². The molecule has 7 nitrogen and oxygen atoms in total. The highest BCUT2D eigenvalue weighted by Gasteiger charge is 2.44. The lowest BCUT2D eigenvalue weighted by Crippen LogP contribution is -2.36. The molecule has 29 heavy (non-hydrogen) atoms. The Kier molecular flexibility index (Phi) is 4.53. The predicted octanol–water partition coefficient (Wildman–Crippen LogP) is 1.89. The summed E-state index contributed by atoms with van der Waals surface area (Å²) >= 11 is 0. The van der Waals surface area contributed by atoms with Gasteiger partial charge in [-0.2, -0.15) is 0 Å². The minimum atomic E-state index is -0.966. The van der Waals surface area contributed by atoms with Crippen molar-refractivity contribution in [2.24, 2.45) is 0 Å². The Balaban J connectivity index is 1.42. The Bertz CT molecular complexity index is 1050. The van der Waals surface area contributed by atoms with E-state index in [0.717, 1.165) is 41.0 Å². The fourth-order valence-electron chi connectivity index (χ4n) is 4.68. The second-order valence-electron chi connectivity index (χ2n) is 8.24. The molecular formula is C22H26N4O3.